The first-order valence-corrected chi connectivity index (χ1v) is 5.62. The molecule has 2 N–H and O–H groups in total. The molecular formula is C13H12N2O2. The van der Waals surface area contributed by atoms with Crippen LogP contribution < -0.4 is 0 Å². The van der Waals surface area contributed by atoms with Crippen LogP contribution in [0.5, 0.6) is 0 Å². The Hall–Kier alpha value is -2.10. The average molecular weight is 228 g/mol. The molecule has 2 aromatic rings. The molecule has 1 aromatic heterocycles. The van der Waals surface area contributed by atoms with E-state index in [9.17, 15) is 4.79 Å². The summed E-state index contributed by atoms with van der Waals surface area (Å²) in [4.78, 5) is 18.5. The van der Waals surface area contributed by atoms with Crippen LogP contribution in [0.3, 0.4) is 0 Å². The zero-order valence-electron chi connectivity index (χ0n) is 9.18. The molecule has 1 fully saturated rings. The van der Waals surface area contributed by atoms with Crippen molar-refractivity contribution in [2.45, 2.75) is 18.8 Å². The summed E-state index contributed by atoms with van der Waals surface area (Å²) in [7, 11) is 0. The number of carbonyl (C=O) groups is 1. The van der Waals surface area contributed by atoms with Gasteiger partial charge in [-0.2, -0.15) is 0 Å². The molecule has 3 rings (SSSR count). The summed E-state index contributed by atoms with van der Waals surface area (Å²) < 4.78 is 0. The van der Waals surface area contributed by atoms with E-state index in [0.29, 0.717) is 11.5 Å². The van der Waals surface area contributed by atoms with Crippen LogP contribution >= 0.6 is 0 Å². The van der Waals surface area contributed by atoms with Crippen LogP contribution in [0.2, 0.25) is 0 Å². The van der Waals surface area contributed by atoms with Crippen LogP contribution in [0.4, 0.5) is 0 Å². The third-order valence-corrected chi connectivity index (χ3v) is 2.98. The van der Waals surface area contributed by atoms with Crippen LogP contribution in [-0.4, -0.2) is 21.0 Å². The summed E-state index contributed by atoms with van der Waals surface area (Å²) >= 11 is 0. The summed E-state index contributed by atoms with van der Waals surface area (Å²) in [6.45, 7) is 0. The minimum atomic E-state index is -0.909. The zero-order valence-corrected chi connectivity index (χ0v) is 9.18. The Labute approximate surface area is 98.3 Å². The maximum Gasteiger partial charge on any atom is 0.335 e. The standard InChI is InChI=1S/C13H12N2O2/c16-13(17)10-3-1-2-9(6-10)11-7-14-12(15-11)8-4-5-8/h1-3,6-8H,4-5H2,(H,14,15)(H,16,17). The number of aromatic amines is 1. The number of nitrogens with zero attached hydrogens (tertiary/aromatic N) is 1. The van der Waals surface area contributed by atoms with E-state index in [2.05, 4.69) is 9.97 Å². The molecule has 4 heteroatoms. The lowest BCUT2D eigenvalue weighted by molar-refractivity contribution is 0.0697. The number of nitrogens with one attached hydrogen (secondary N) is 1. The van der Waals surface area contributed by atoms with Gasteiger partial charge < -0.3 is 10.1 Å². The van der Waals surface area contributed by atoms with E-state index >= 15 is 0 Å². The third kappa shape index (κ3) is 1.93. The van der Waals surface area contributed by atoms with Crippen molar-refractivity contribution in [3.05, 3.63) is 41.9 Å². The van der Waals surface area contributed by atoms with E-state index in [1.165, 1.54) is 12.8 Å². The Morgan fingerprint density at radius 3 is 2.94 bits per heavy atom. The normalized spacial score (nSPS) is 14.8. The van der Waals surface area contributed by atoms with E-state index in [-0.39, 0.29) is 0 Å². The molecule has 0 atom stereocenters. The SMILES string of the molecule is O=C(O)c1cccc(-c2cnc(C3CC3)[nH]2)c1. The predicted molar refractivity (Wildman–Crippen MR) is 63.0 cm³/mol. The number of imidazole rings is 1. The smallest absolute Gasteiger partial charge is 0.335 e. The Morgan fingerprint density at radius 2 is 2.24 bits per heavy atom. The Bertz CT molecular complexity index is 570. The van der Waals surface area contributed by atoms with Gasteiger partial charge in [-0.1, -0.05) is 12.1 Å². The van der Waals surface area contributed by atoms with Crippen molar-refractivity contribution in [3.8, 4) is 11.3 Å². The Morgan fingerprint density at radius 1 is 1.41 bits per heavy atom. The third-order valence-electron chi connectivity index (χ3n) is 2.98. The molecule has 0 bridgehead atoms. The number of benzene rings is 1. The number of hydrogen-bond donors (Lipinski definition) is 2. The van der Waals surface area contributed by atoms with E-state index < -0.39 is 5.97 Å². The number of hydrogen-bond acceptors (Lipinski definition) is 2. The van der Waals surface area contributed by atoms with Crippen molar-refractivity contribution < 1.29 is 9.90 Å². The quantitative estimate of drug-likeness (QED) is 0.848. The summed E-state index contributed by atoms with van der Waals surface area (Å²) in [5.74, 6) is 0.681. The topological polar surface area (TPSA) is 66.0 Å². The highest BCUT2D eigenvalue weighted by Gasteiger charge is 2.26. The summed E-state index contributed by atoms with van der Waals surface area (Å²) in [6, 6.07) is 6.88. The Balaban J connectivity index is 1.96. The molecule has 1 saturated carbocycles. The van der Waals surface area contributed by atoms with Gasteiger partial charge in [-0.3, -0.25) is 0 Å². The van der Waals surface area contributed by atoms with Crippen LogP contribution in [0, 0.1) is 0 Å². The summed E-state index contributed by atoms with van der Waals surface area (Å²) in [5, 5.41) is 8.93. The van der Waals surface area contributed by atoms with Gasteiger partial charge in [-0.05, 0) is 25.0 Å². The second-order valence-electron chi connectivity index (χ2n) is 4.34. The molecule has 1 aliphatic carbocycles. The van der Waals surface area contributed by atoms with Crippen molar-refractivity contribution in [2.75, 3.05) is 0 Å². The fourth-order valence-electron chi connectivity index (χ4n) is 1.87. The minimum Gasteiger partial charge on any atom is -0.478 e. The first-order valence-electron chi connectivity index (χ1n) is 5.62. The lowest BCUT2D eigenvalue weighted by Crippen LogP contribution is -1.95. The number of carboxylic acid groups (broad SMARTS) is 1. The number of H-pyrrole nitrogens is 1. The molecule has 0 unspecified atom stereocenters. The van der Waals surface area contributed by atoms with Crippen molar-refractivity contribution in [2.24, 2.45) is 0 Å². The molecule has 17 heavy (non-hydrogen) atoms. The van der Waals surface area contributed by atoms with E-state index in [1.54, 1.807) is 24.4 Å². The van der Waals surface area contributed by atoms with E-state index in [0.717, 1.165) is 17.1 Å². The molecule has 0 amide bonds. The van der Waals surface area contributed by atoms with Gasteiger partial charge in [0.1, 0.15) is 5.82 Å². The maximum atomic E-state index is 10.9. The number of rotatable bonds is 3. The predicted octanol–water partition coefficient (Wildman–Crippen LogP) is 2.65. The summed E-state index contributed by atoms with van der Waals surface area (Å²) in [6.07, 6.45) is 4.17. The average Bonchev–Trinajstić information content (AvgIpc) is 3.07. The van der Waals surface area contributed by atoms with E-state index in [4.69, 9.17) is 5.11 Å². The number of aromatic carboxylic acids is 1. The van der Waals surface area contributed by atoms with Crippen molar-refractivity contribution in [1.29, 1.82) is 0 Å². The highest BCUT2D eigenvalue weighted by Crippen LogP contribution is 2.38. The lowest BCUT2D eigenvalue weighted by atomic mass is 10.1. The van der Waals surface area contributed by atoms with Crippen LogP contribution in [0.25, 0.3) is 11.3 Å². The van der Waals surface area contributed by atoms with Crippen molar-refractivity contribution in [1.82, 2.24) is 9.97 Å². The fourth-order valence-corrected chi connectivity index (χ4v) is 1.87. The Kier molecular flexibility index (Phi) is 2.21. The molecule has 1 aromatic carbocycles. The second-order valence-corrected chi connectivity index (χ2v) is 4.34. The number of carboxylic acids is 1. The molecule has 0 radical (unpaired) electrons. The van der Waals surface area contributed by atoms with Gasteiger partial charge in [-0.25, -0.2) is 9.78 Å². The van der Waals surface area contributed by atoms with Gasteiger partial charge in [0.05, 0.1) is 17.5 Å². The molecule has 1 heterocycles. The molecule has 4 nitrogen and oxygen atoms in total. The van der Waals surface area contributed by atoms with Crippen molar-refractivity contribution in [3.63, 3.8) is 0 Å². The molecule has 0 aliphatic heterocycles. The summed E-state index contributed by atoms with van der Waals surface area (Å²) in [5.41, 5.74) is 2.05. The highest BCUT2D eigenvalue weighted by atomic mass is 16.4. The maximum absolute atomic E-state index is 10.9. The molecule has 1 aliphatic rings. The highest BCUT2D eigenvalue weighted by molar-refractivity contribution is 5.89. The van der Waals surface area contributed by atoms with Crippen LogP contribution in [0.1, 0.15) is 34.9 Å². The van der Waals surface area contributed by atoms with Crippen LogP contribution in [-0.2, 0) is 0 Å². The fraction of sp³-hybridized carbons (Fsp3) is 0.231. The lowest BCUT2D eigenvalue weighted by Gasteiger charge is -1.99. The first-order chi connectivity index (χ1) is 8.24. The van der Waals surface area contributed by atoms with E-state index in [1.807, 2.05) is 6.07 Å². The largest absolute Gasteiger partial charge is 0.478 e. The van der Waals surface area contributed by atoms with Gasteiger partial charge in [-0.15, -0.1) is 0 Å². The number of aromatic nitrogens is 2. The molecule has 0 saturated heterocycles. The molecular weight excluding hydrogens is 216 g/mol. The second kappa shape index (κ2) is 3.73. The minimum absolute atomic E-state index is 0.296. The van der Waals surface area contributed by atoms with Gasteiger partial charge in [0.2, 0.25) is 0 Å². The van der Waals surface area contributed by atoms with Crippen LogP contribution in [0.15, 0.2) is 30.5 Å². The van der Waals surface area contributed by atoms with Gasteiger partial charge in [0.25, 0.3) is 0 Å². The first kappa shape index (κ1) is 10.1. The van der Waals surface area contributed by atoms with Crippen molar-refractivity contribution >= 4 is 5.97 Å². The van der Waals surface area contributed by atoms with Gasteiger partial charge in [0.15, 0.2) is 0 Å². The van der Waals surface area contributed by atoms with Gasteiger partial charge >= 0.3 is 5.97 Å². The zero-order chi connectivity index (χ0) is 11.8. The van der Waals surface area contributed by atoms with Gasteiger partial charge in [0, 0.05) is 11.5 Å². The molecule has 0 spiro atoms. The molecule has 86 valence electrons. The monoisotopic (exact) mass is 228 g/mol.